The molecule has 16 heavy (non-hydrogen) atoms. The molecule has 1 fully saturated rings. The minimum Gasteiger partial charge on any atom is -0.376 e. The third kappa shape index (κ3) is 6.08. The molecule has 1 unspecified atom stereocenters. The summed E-state index contributed by atoms with van der Waals surface area (Å²) < 4.78 is 5.43. The lowest BCUT2D eigenvalue weighted by Gasteiger charge is -2.11. The van der Waals surface area contributed by atoms with Crippen LogP contribution in [-0.4, -0.2) is 37.7 Å². The summed E-state index contributed by atoms with van der Waals surface area (Å²) in [5, 5.41) is 6.21. The van der Waals surface area contributed by atoms with Gasteiger partial charge in [0.1, 0.15) is 0 Å². The second-order valence-corrected chi connectivity index (χ2v) is 4.65. The van der Waals surface area contributed by atoms with Crippen molar-refractivity contribution in [2.45, 2.75) is 51.7 Å². The molecular weight excluding hydrogens is 204 g/mol. The molecular formula is C12H24N2O2. The van der Waals surface area contributed by atoms with Crippen molar-refractivity contribution in [1.29, 1.82) is 0 Å². The van der Waals surface area contributed by atoms with Crippen molar-refractivity contribution in [3.8, 4) is 0 Å². The summed E-state index contributed by atoms with van der Waals surface area (Å²) in [5.41, 5.74) is 0. The van der Waals surface area contributed by atoms with E-state index in [-0.39, 0.29) is 12.0 Å². The van der Waals surface area contributed by atoms with Gasteiger partial charge in [-0.15, -0.1) is 0 Å². The first-order valence-corrected chi connectivity index (χ1v) is 6.30. The maximum absolute atomic E-state index is 11.4. The summed E-state index contributed by atoms with van der Waals surface area (Å²) in [6.45, 7) is 6.65. The van der Waals surface area contributed by atoms with E-state index in [1.54, 1.807) is 0 Å². The second-order valence-electron chi connectivity index (χ2n) is 4.65. The van der Waals surface area contributed by atoms with Crippen molar-refractivity contribution < 1.29 is 9.53 Å². The Morgan fingerprint density at radius 2 is 2.31 bits per heavy atom. The monoisotopic (exact) mass is 228 g/mol. The van der Waals surface area contributed by atoms with Crippen molar-refractivity contribution in [1.82, 2.24) is 10.6 Å². The van der Waals surface area contributed by atoms with E-state index in [2.05, 4.69) is 24.5 Å². The lowest BCUT2D eigenvalue weighted by molar-refractivity contribution is -0.121. The summed E-state index contributed by atoms with van der Waals surface area (Å²) in [5.74, 6) is 0.140. The van der Waals surface area contributed by atoms with Gasteiger partial charge in [0.05, 0.1) is 6.10 Å². The minimum absolute atomic E-state index is 0.140. The predicted octanol–water partition coefficient (Wildman–Crippen LogP) is 1.06. The normalized spacial score (nSPS) is 20.3. The zero-order chi connectivity index (χ0) is 11.8. The Balaban J connectivity index is 1.94. The number of ether oxygens (including phenoxy) is 1. The van der Waals surface area contributed by atoms with Gasteiger partial charge in [-0.25, -0.2) is 0 Å². The van der Waals surface area contributed by atoms with E-state index in [0.717, 1.165) is 32.4 Å². The quantitative estimate of drug-likeness (QED) is 0.641. The van der Waals surface area contributed by atoms with E-state index in [1.165, 1.54) is 0 Å². The molecule has 1 atom stereocenters. The van der Waals surface area contributed by atoms with Crippen LogP contribution < -0.4 is 10.6 Å². The van der Waals surface area contributed by atoms with E-state index >= 15 is 0 Å². The molecule has 0 radical (unpaired) electrons. The fraction of sp³-hybridized carbons (Fsp3) is 0.917. The number of nitrogens with one attached hydrogen (secondary N) is 2. The third-order valence-electron chi connectivity index (χ3n) is 2.68. The molecule has 1 aliphatic rings. The van der Waals surface area contributed by atoms with Crippen LogP contribution in [0.15, 0.2) is 0 Å². The molecule has 0 saturated carbocycles. The zero-order valence-electron chi connectivity index (χ0n) is 10.4. The van der Waals surface area contributed by atoms with E-state index < -0.39 is 0 Å². The first-order valence-electron chi connectivity index (χ1n) is 6.30. The molecule has 1 saturated heterocycles. The van der Waals surface area contributed by atoms with E-state index in [4.69, 9.17) is 4.74 Å². The summed E-state index contributed by atoms with van der Waals surface area (Å²) >= 11 is 0. The highest BCUT2D eigenvalue weighted by molar-refractivity contribution is 5.75. The van der Waals surface area contributed by atoms with Gasteiger partial charge < -0.3 is 15.4 Å². The van der Waals surface area contributed by atoms with Crippen LogP contribution >= 0.6 is 0 Å². The van der Waals surface area contributed by atoms with Gasteiger partial charge in [-0.05, 0) is 25.8 Å². The molecule has 1 rings (SSSR count). The Kier molecular flexibility index (Phi) is 6.42. The van der Waals surface area contributed by atoms with Crippen molar-refractivity contribution in [2.24, 2.45) is 0 Å². The molecule has 4 nitrogen and oxygen atoms in total. The second kappa shape index (κ2) is 7.63. The Morgan fingerprint density at radius 3 is 2.94 bits per heavy atom. The average Bonchev–Trinajstić information content (AvgIpc) is 2.74. The Hall–Kier alpha value is -0.610. The molecule has 0 aromatic rings. The summed E-state index contributed by atoms with van der Waals surface area (Å²) in [7, 11) is 0. The molecule has 0 spiro atoms. The molecule has 0 aliphatic carbocycles. The smallest absolute Gasteiger partial charge is 0.220 e. The highest BCUT2D eigenvalue weighted by Gasteiger charge is 2.15. The van der Waals surface area contributed by atoms with Crippen molar-refractivity contribution in [3.63, 3.8) is 0 Å². The van der Waals surface area contributed by atoms with E-state index in [9.17, 15) is 4.79 Å². The van der Waals surface area contributed by atoms with Crippen LogP contribution in [0, 0.1) is 0 Å². The first-order chi connectivity index (χ1) is 7.68. The van der Waals surface area contributed by atoms with Crippen molar-refractivity contribution in [3.05, 3.63) is 0 Å². The summed E-state index contributed by atoms with van der Waals surface area (Å²) in [6, 6.07) is 0.495. The number of carbonyl (C=O) groups excluding carboxylic acids is 1. The van der Waals surface area contributed by atoms with Gasteiger partial charge in [-0.1, -0.05) is 13.8 Å². The Morgan fingerprint density at radius 1 is 1.50 bits per heavy atom. The highest BCUT2D eigenvalue weighted by atomic mass is 16.5. The van der Waals surface area contributed by atoms with E-state index in [0.29, 0.717) is 19.0 Å². The molecule has 0 aromatic heterocycles. The van der Waals surface area contributed by atoms with Crippen LogP contribution in [0.3, 0.4) is 0 Å². The maximum Gasteiger partial charge on any atom is 0.220 e. The van der Waals surface area contributed by atoms with Crippen molar-refractivity contribution in [2.75, 3.05) is 19.7 Å². The molecule has 1 heterocycles. The van der Waals surface area contributed by atoms with Gasteiger partial charge in [-0.2, -0.15) is 0 Å². The van der Waals surface area contributed by atoms with E-state index in [1.807, 2.05) is 0 Å². The molecule has 1 aliphatic heterocycles. The highest BCUT2D eigenvalue weighted by Crippen LogP contribution is 2.10. The number of amides is 1. The number of hydrogen-bond acceptors (Lipinski definition) is 3. The lowest BCUT2D eigenvalue weighted by Crippen LogP contribution is -2.32. The van der Waals surface area contributed by atoms with Gasteiger partial charge in [0.15, 0.2) is 0 Å². The fourth-order valence-corrected chi connectivity index (χ4v) is 1.76. The maximum atomic E-state index is 11.4. The first kappa shape index (κ1) is 13.5. The lowest BCUT2D eigenvalue weighted by atomic mass is 10.2. The van der Waals surface area contributed by atoms with Gasteiger partial charge >= 0.3 is 0 Å². The summed E-state index contributed by atoms with van der Waals surface area (Å²) in [4.78, 5) is 11.4. The standard InChI is InChI=1S/C12H24N2O2/c1-10(2)13-7-3-6-12(15)14-9-11-5-4-8-16-11/h10-11,13H,3-9H2,1-2H3,(H,14,15). The Bertz CT molecular complexity index is 201. The fourth-order valence-electron chi connectivity index (χ4n) is 1.76. The van der Waals surface area contributed by atoms with Crippen LogP contribution in [0.4, 0.5) is 0 Å². The SMILES string of the molecule is CC(C)NCCCC(=O)NCC1CCCO1. The summed E-state index contributed by atoms with van der Waals surface area (Å²) in [6.07, 6.45) is 3.95. The molecule has 0 bridgehead atoms. The molecule has 94 valence electrons. The number of rotatable bonds is 7. The topological polar surface area (TPSA) is 50.4 Å². The van der Waals surface area contributed by atoms with Crippen LogP contribution in [0.1, 0.15) is 39.5 Å². The average molecular weight is 228 g/mol. The van der Waals surface area contributed by atoms with Gasteiger partial charge in [-0.3, -0.25) is 4.79 Å². The number of carbonyl (C=O) groups is 1. The van der Waals surface area contributed by atoms with Crippen molar-refractivity contribution >= 4 is 5.91 Å². The molecule has 1 amide bonds. The minimum atomic E-state index is 0.140. The molecule has 0 aromatic carbocycles. The third-order valence-corrected chi connectivity index (χ3v) is 2.68. The van der Waals surface area contributed by atoms with Crippen LogP contribution in [0.5, 0.6) is 0 Å². The van der Waals surface area contributed by atoms with Crippen LogP contribution in [0.25, 0.3) is 0 Å². The zero-order valence-corrected chi connectivity index (χ0v) is 10.4. The number of hydrogen-bond donors (Lipinski definition) is 2. The van der Waals surface area contributed by atoms with Crippen LogP contribution in [-0.2, 0) is 9.53 Å². The predicted molar refractivity (Wildman–Crippen MR) is 64.4 cm³/mol. The van der Waals surface area contributed by atoms with Gasteiger partial charge in [0.25, 0.3) is 0 Å². The van der Waals surface area contributed by atoms with Gasteiger partial charge in [0, 0.05) is 25.6 Å². The largest absolute Gasteiger partial charge is 0.376 e. The molecule has 4 heteroatoms. The molecule has 2 N–H and O–H groups in total. The van der Waals surface area contributed by atoms with Crippen LogP contribution in [0.2, 0.25) is 0 Å². The van der Waals surface area contributed by atoms with Gasteiger partial charge in [0.2, 0.25) is 5.91 Å². The Labute approximate surface area is 98.1 Å².